The third kappa shape index (κ3) is 5.07. The largest absolute Gasteiger partial charge is 0.491 e. The summed E-state index contributed by atoms with van der Waals surface area (Å²) in [7, 11) is 0. The van der Waals surface area contributed by atoms with Gasteiger partial charge in [0.1, 0.15) is 5.75 Å². The average Bonchev–Trinajstić information content (AvgIpc) is 2.35. The first-order valence-corrected chi connectivity index (χ1v) is 6.59. The van der Waals surface area contributed by atoms with Crippen LogP contribution in [0.4, 0.5) is 11.4 Å². The molecule has 0 aliphatic carbocycles. The van der Waals surface area contributed by atoms with Crippen LogP contribution in [0, 0.1) is 0 Å². The predicted molar refractivity (Wildman–Crippen MR) is 78.4 cm³/mol. The van der Waals surface area contributed by atoms with E-state index in [1.165, 1.54) is 0 Å². The summed E-state index contributed by atoms with van der Waals surface area (Å²) in [5.41, 5.74) is 7.24. The van der Waals surface area contributed by atoms with Crippen molar-refractivity contribution >= 4 is 17.3 Å². The van der Waals surface area contributed by atoms with Crippen LogP contribution in [0.25, 0.3) is 0 Å². The lowest BCUT2D eigenvalue weighted by Gasteiger charge is -2.14. The van der Waals surface area contributed by atoms with Crippen molar-refractivity contribution < 1.29 is 9.53 Å². The third-order valence-corrected chi connectivity index (χ3v) is 2.42. The molecule has 5 nitrogen and oxygen atoms in total. The molecule has 0 spiro atoms. The van der Waals surface area contributed by atoms with Crippen molar-refractivity contribution in [2.24, 2.45) is 0 Å². The number of anilines is 2. The molecule has 0 aliphatic heterocycles. The number of para-hydroxylation sites is 1. The maximum absolute atomic E-state index is 11.5. The van der Waals surface area contributed by atoms with Crippen LogP contribution in [0.1, 0.15) is 27.2 Å². The van der Waals surface area contributed by atoms with Gasteiger partial charge in [0.25, 0.3) is 0 Å². The molecule has 0 saturated heterocycles. The van der Waals surface area contributed by atoms with Crippen molar-refractivity contribution in [2.75, 3.05) is 24.2 Å². The average molecular weight is 265 g/mol. The van der Waals surface area contributed by atoms with Gasteiger partial charge >= 0.3 is 0 Å². The molecule has 0 atom stereocenters. The van der Waals surface area contributed by atoms with E-state index in [2.05, 4.69) is 10.6 Å². The van der Waals surface area contributed by atoms with Crippen LogP contribution < -0.4 is 21.1 Å². The van der Waals surface area contributed by atoms with E-state index in [0.29, 0.717) is 23.7 Å². The first kappa shape index (κ1) is 15.1. The number of hydrogen-bond donors (Lipinski definition) is 3. The summed E-state index contributed by atoms with van der Waals surface area (Å²) in [6.07, 6.45) is 0.924. The van der Waals surface area contributed by atoms with Gasteiger partial charge in [0.15, 0.2) is 0 Å². The second-order valence-electron chi connectivity index (χ2n) is 4.64. The Balaban J connectivity index is 2.61. The molecule has 0 aromatic heterocycles. The highest BCUT2D eigenvalue weighted by Crippen LogP contribution is 2.29. The molecule has 19 heavy (non-hydrogen) atoms. The summed E-state index contributed by atoms with van der Waals surface area (Å²) < 4.78 is 5.53. The summed E-state index contributed by atoms with van der Waals surface area (Å²) in [6, 6.07) is 5.64. The smallest absolute Gasteiger partial charge is 0.239 e. The molecule has 5 heteroatoms. The first-order valence-electron chi connectivity index (χ1n) is 6.59. The molecule has 0 aliphatic rings. The Morgan fingerprint density at radius 1 is 1.42 bits per heavy atom. The van der Waals surface area contributed by atoms with Gasteiger partial charge in [-0.3, -0.25) is 4.79 Å². The number of nitrogen functional groups attached to an aromatic ring is 1. The van der Waals surface area contributed by atoms with Crippen LogP contribution in [0.2, 0.25) is 0 Å². The Bertz CT molecular complexity index is 419. The molecule has 0 radical (unpaired) electrons. The Morgan fingerprint density at radius 2 is 2.16 bits per heavy atom. The number of benzene rings is 1. The molecule has 0 fully saturated rings. The minimum Gasteiger partial charge on any atom is -0.491 e. The van der Waals surface area contributed by atoms with Gasteiger partial charge in [-0.15, -0.1) is 0 Å². The maximum atomic E-state index is 11.5. The molecule has 106 valence electrons. The van der Waals surface area contributed by atoms with E-state index in [0.717, 1.165) is 6.42 Å². The minimum absolute atomic E-state index is 0.0609. The Labute approximate surface area is 114 Å². The molecule has 0 saturated carbocycles. The van der Waals surface area contributed by atoms with Gasteiger partial charge in [-0.2, -0.15) is 0 Å². The molecule has 0 unspecified atom stereocenters. The van der Waals surface area contributed by atoms with Crippen LogP contribution in [0.15, 0.2) is 18.2 Å². The molecule has 4 N–H and O–H groups in total. The number of amides is 1. The van der Waals surface area contributed by atoms with Gasteiger partial charge in [0.2, 0.25) is 5.91 Å². The number of ether oxygens (including phenoxy) is 1. The van der Waals surface area contributed by atoms with Crippen molar-refractivity contribution in [2.45, 2.75) is 33.2 Å². The topological polar surface area (TPSA) is 76.4 Å². The van der Waals surface area contributed by atoms with Crippen LogP contribution in [0.3, 0.4) is 0 Å². The predicted octanol–water partition coefficient (Wildman–Crippen LogP) is 1.99. The van der Waals surface area contributed by atoms with E-state index in [4.69, 9.17) is 10.5 Å². The zero-order valence-electron chi connectivity index (χ0n) is 11.8. The highest BCUT2D eigenvalue weighted by Gasteiger charge is 2.08. The van der Waals surface area contributed by atoms with E-state index in [1.54, 1.807) is 0 Å². The number of carbonyl (C=O) groups excluding carboxylic acids is 1. The lowest BCUT2D eigenvalue weighted by Crippen LogP contribution is -2.34. The summed E-state index contributed by atoms with van der Waals surface area (Å²) in [5.74, 6) is 0.588. The Morgan fingerprint density at radius 3 is 2.79 bits per heavy atom. The summed E-state index contributed by atoms with van der Waals surface area (Å²) in [5, 5.41) is 5.83. The number of hydrogen-bond acceptors (Lipinski definition) is 4. The minimum atomic E-state index is -0.0609. The van der Waals surface area contributed by atoms with Gasteiger partial charge in [-0.25, -0.2) is 0 Å². The molecular weight excluding hydrogens is 242 g/mol. The summed E-state index contributed by atoms with van der Waals surface area (Å²) in [6.45, 7) is 6.70. The van der Waals surface area contributed by atoms with E-state index in [-0.39, 0.29) is 18.5 Å². The second-order valence-corrected chi connectivity index (χ2v) is 4.64. The quantitative estimate of drug-likeness (QED) is 0.659. The van der Waals surface area contributed by atoms with Crippen molar-refractivity contribution in [1.29, 1.82) is 0 Å². The molecular formula is C14H23N3O2. The van der Waals surface area contributed by atoms with Crippen molar-refractivity contribution in [3.63, 3.8) is 0 Å². The highest BCUT2D eigenvalue weighted by atomic mass is 16.5. The molecule has 1 aromatic rings. The number of nitrogens with one attached hydrogen (secondary N) is 2. The van der Waals surface area contributed by atoms with Crippen LogP contribution in [-0.2, 0) is 4.79 Å². The molecule has 0 heterocycles. The van der Waals surface area contributed by atoms with Crippen LogP contribution in [0.5, 0.6) is 5.75 Å². The Hall–Kier alpha value is -1.91. The van der Waals surface area contributed by atoms with Gasteiger partial charge in [0.05, 0.1) is 24.5 Å². The molecule has 1 amide bonds. The first-order chi connectivity index (χ1) is 9.04. The van der Waals surface area contributed by atoms with E-state index >= 15 is 0 Å². The van der Waals surface area contributed by atoms with E-state index < -0.39 is 0 Å². The Kier molecular flexibility index (Phi) is 5.99. The number of nitrogens with two attached hydrogens (primary N) is 1. The fraction of sp³-hybridized carbons (Fsp3) is 0.500. The number of carbonyl (C=O) groups is 1. The zero-order valence-corrected chi connectivity index (χ0v) is 11.8. The monoisotopic (exact) mass is 265 g/mol. The van der Waals surface area contributed by atoms with Gasteiger partial charge in [-0.05, 0) is 32.4 Å². The maximum Gasteiger partial charge on any atom is 0.239 e. The highest BCUT2D eigenvalue weighted by molar-refractivity contribution is 5.83. The standard InChI is InChI=1S/C14H23N3O2/c1-4-8-19-12-7-5-6-11(14(12)15)16-9-13(18)17-10(2)3/h5-7,10,16H,4,8-9,15H2,1-3H3,(H,17,18). The summed E-state index contributed by atoms with van der Waals surface area (Å²) in [4.78, 5) is 11.5. The molecule has 1 rings (SSSR count). The van der Waals surface area contributed by atoms with Gasteiger partial charge < -0.3 is 21.1 Å². The fourth-order valence-corrected chi connectivity index (χ4v) is 1.58. The lowest BCUT2D eigenvalue weighted by atomic mass is 10.2. The van der Waals surface area contributed by atoms with Crippen molar-refractivity contribution in [1.82, 2.24) is 5.32 Å². The lowest BCUT2D eigenvalue weighted by molar-refractivity contribution is -0.119. The van der Waals surface area contributed by atoms with E-state index in [9.17, 15) is 4.79 Å². The molecule has 0 bridgehead atoms. The SMILES string of the molecule is CCCOc1cccc(NCC(=O)NC(C)C)c1N. The second kappa shape index (κ2) is 7.51. The number of rotatable bonds is 7. The van der Waals surface area contributed by atoms with Crippen LogP contribution >= 0.6 is 0 Å². The van der Waals surface area contributed by atoms with Crippen molar-refractivity contribution in [3.05, 3.63) is 18.2 Å². The normalized spacial score (nSPS) is 10.3. The summed E-state index contributed by atoms with van der Waals surface area (Å²) >= 11 is 0. The van der Waals surface area contributed by atoms with Crippen LogP contribution in [-0.4, -0.2) is 25.1 Å². The zero-order chi connectivity index (χ0) is 14.3. The van der Waals surface area contributed by atoms with E-state index in [1.807, 2.05) is 39.0 Å². The van der Waals surface area contributed by atoms with Crippen molar-refractivity contribution in [3.8, 4) is 5.75 Å². The fourth-order valence-electron chi connectivity index (χ4n) is 1.58. The third-order valence-electron chi connectivity index (χ3n) is 2.42. The molecule has 1 aromatic carbocycles. The van der Waals surface area contributed by atoms with Gasteiger partial charge in [0, 0.05) is 6.04 Å². The van der Waals surface area contributed by atoms with Gasteiger partial charge in [-0.1, -0.05) is 13.0 Å².